The predicted molar refractivity (Wildman–Crippen MR) is 109 cm³/mol. The Morgan fingerprint density at radius 1 is 1.21 bits per heavy atom. The molecule has 0 aliphatic carbocycles. The number of anilines is 1. The lowest BCUT2D eigenvalue weighted by molar-refractivity contribution is 0.194. The fourth-order valence-corrected chi connectivity index (χ4v) is 3.22. The van der Waals surface area contributed by atoms with Crippen molar-refractivity contribution < 1.29 is 9.18 Å². The largest absolute Gasteiger partial charge is 0.354 e. The van der Waals surface area contributed by atoms with Crippen molar-refractivity contribution in [3.63, 3.8) is 0 Å². The Morgan fingerprint density at radius 2 is 1.89 bits per heavy atom. The van der Waals surface area contributed by atoms with E-state index in [1.807, 2.05) is 19.1 Å². The van der Waals surface area contributed by atoms with Crippen molar-refractivity contribution in [1.29, 1.82) is 0 Å². The maximum atomic E-state index is 13.1. The molecule has 1 atom stereocenters. The second-order valence-electron chi connectivity index (χ2n) is 7.31. The normalized spacial score (nSPS) is 15.9. The summed E-state index contributed by atoms with van der Waals surface area (Å²) in [5.74, 6) is 0.671. The Balaban J connectivity index is 1.56. The Morgan fingerprint density at radius 3 is 2.57 bits per heavy atom. The van der Waals surface area contributed by atoms with E-state index in [1.165, 1.54) is 12.1 Å². The summed E-state index contributed by atoms with van der Waals surface area (Å²) in [4.78, 5) is 23.2. The maximum Gasteiger partial charge on any atom is 0.317 e. The fraction of sp³-hybridized carbons (Fsp3) is 0.429. The van der Waals surface area contributed by atoms with Crippen LogP contribution in [0.5, 0.6) is 0 Å². The van der Waals surface area contributed by atoms with E-state index in [1.54, 1.807) is 30.3 Å². The first-order chi connectivity index (χ1) is 13.4. The smallest absolute Gasteiger partial charge is 0.317 e. The van der Waals surface area contributed by atoms with Crippen LogP contribution in [0, 0.1) is 5.82 Å². The number of amides is 2. The van der Waals surface area contributed by atoms with Gasteiger partial charge in [0.05, 0.1) is 6.04 Å². The molecular weight excluding hydrogens is 357 g/mol. The molecule has 1 aliphatic rings. The first-order valence-corrected chi connectivity index (χ1v) is 9.58. The van der Waals surface area contributed by atoms with Crippen LogP contribution in [0.25, 0.3) is 0 Å². The average Bonchev–Trinajstić information content (AvgIpc) is 2.72. The Labute approximate surface area is 166 Å². The minimum atomic E-state index is -0.281. The van der Waals surface area contributed by atoms with Crippen LogP contribution in [-0.2, 0) is 6.54 Å². The van der Waals surface area contributed by atoms with Crippen LogP contribution in [0.1, 0.15) is 24.1 Å². The second-order valence-corrected chi connectivity index (χ2v) is 7.31. The number of benzene rings is 1. The van der Waals surface area contributed by atoms with E-state index >= 15 is 0 Å². The Hall–Kier alpha value is -2.67. The van der Waals surface area contributed by atoms with Crippen molar-refractivity contribution >= 4 is 11.8 Å². The lowest BCUT2D eigenvalue weighted by atomic mass is 10.1. The Kier molecular flexibility index (Phi) is 6.46. The number of halogens is 1. The van der Waals surface area contributed by atoms with E-state index in [0.29, 0.717) is 6.54 Å². The molecule has 2 amide bonds. The van der Waals surface area contributed by atoms with Gasteiger partial charge >= 0.3 is 6.03 Å². The minimum Gasteiger partial charge on any atom is -0.354 e. The highest BCUT2D eigenvalue weighted by molar-refractivity contribution is 5.74. The van der Waals surface area contributed by atoms with E-state index in [-0.39, 0.29) is 17.9 Å². The van der Waals surface area contributed by atoms with Gasteiger partial charge < -0.3 is 20.0 Å². The Bertz CT molecular complexity index is 790. The number of aromatic nitrogens is 1. The van der Waals surface area contributed by atoms with Crippen molar-refractivity contribution in [2.45, 2.75) is 19.5 Å². The predicted octanol–water partition coefficient (Wildman–Crippen LogP) is 2.88. The van der Waals surface area contributed by atoms with Crippen molar-refractivity contribution in [2.24, 2.45) is 0 Å². The molecule has 0 saturated carbocycles. The summed E-state index contributed by atoms with van der Waals surface area (Å²) in [5.41, 5.74) is 1.90. The fourth-order valence-electron chi connectivity index (χ4n) is 3.22. The van der Waals surface area contributed by atoms with Crippen molar-refractivity contribution in [3.8, 4) is 0 Å². The highest BCUT2D eigenvalue weighted by Gasteiger charge is 2.18. The molecule has 2 heterocycles. The lowest BCUT2D eigenvalue weighted by Gasteiger charge is -2.33. The molecule has 6 nitrogen and oxygen atoms in total. The summed E-state index contributed by atoms with van der Waals surface area (Å²) in [6.45, 7) is 6.31. The molecule has 1 saturated heterocycles. The van der Waals surface area contributed by atoms with Crippen molar-refractivity contribution in [1.82, 2.24) is 20.1 Å². The molecule has 1 N–H and O–H groups in total. The highest BCUT2D eigenvalue weighted by Crippen LogP contribution is 2.19. The van der Waals surface area contributed by atoms with E-state index in [4.69, 9.17) is 0 Å². The number of hydrogen-bond acceptors (Lipinski definition) is 4. The number of hydrogen-bond donors (Lipinski definition) is 1. The van der Waals surface area contributed by atoms with Gasteiger partial charge in [0.25, 0.3) is 0 Å². The van der Waals surface area contributed by atoms with Crippen LogP contribution in [0.2, 0.25) is 0 Å². The molecule has 0 bridgehead atoms. The summed E-state index contributed by atoms with van der Waals surface area (Å²) < 4.78 is 13.1. The first-order valence-electron chi connectivity index (χ1n) is 9.58. The van der Waals surface area contributed by atoms with Crippen molar-refractivity contribution in [3.05, 3.63) is 59.5 Å². The van der Waals surface area contributed by atoms with Crippen LogP contribution >= 0.6 is 0 Å². The molecule has 1 fully saturated rings. The third-order valence-electron chi connectivity index (χ3n) is 5.33. The molecule has 0 spiro atoms. The van der Waals surface area contributed by atoms with Gasteiger partial charge in [0.2, 0.25) is 0 Å². The second kappa shape index (κ2) is 9.01. The molecule has 3 rings (SSSR count). The number of nitrogens with one attached hydrogen (secondary N) is 1. The molecule has 1 aromatic carbocycles. The van der Waals surface area contributed by atoms with Crippen molar-refractivity contribution in [2.75, 3.05) is 45.2 Å². The highest BCUT2D eigenvalue weighted by atomic mass is 19.1. The average molecular weight is 385 g/mol. The number of urea groups is 1. The van der Waals surface area contributed by atoms with Gasteiger partial charge in [-0.3, -0.25) is 0 Å². The zero-order valence-electron chi connectivity index (χ0n) is 16.7. The molecule has 1 aromatic heterocycles. The molecule has 0 radical (unpaired) electrons. The van der Waals surface area contributed by atoms with Gasteiger partial charge in [-0.25, -0.2) is 14.2 Å². The summed E-state index contributed by atoms with van der Waals surface area (Å²) in [5, 5.41) is 2.96. The van der Waals surface area contributed by atoms with Crippen LogP contribution in [0.15, 0.2) is 42.6 Å². The van der Waals surface area contributed by atoms with Crippen LogP contribution in [0.3, 0.4) is 0 Å². The van der Waals surface area contributed by atoms with Gasteiger partial charge in [0.1, 0.15) is 11.6 Å². The number of pyridine rings is 1. The minimum absolute atomic E-state index is 0.154. The zero-order valence-corrected chi connectivity index (χ0v) is 16.7. The summed E-state index contributed by atoms with van der Waals surface area (Å²) in [6.07, 6.45) is 1.79. The lowest BCUT2D eigenvalue weighted by Crippen LogP contribution is -2.44. The van der Waals surface area contributed by atoms with Gasteiger partial charge in [0.15, 0.2) is 0 Å². The number of carbonyl (C=O) groups is 1. The first kappa shape index (κ1) is 20.1. The van der Waals surface area contributed by atoms with Crippen LogP contribution in [-0.4, -0.2) is 61.1 Å². The zero-order chi connectivity index (χ0) is 20.1. The third kappa shape index (κ3) is 4.98. The molecule has 1 unspecified atom stereocenters. The van der Waals surface area contributed by atoms with E-state index in [0.717, 1.165) is 43.1 Å². The number of piperazine rings is 1. The molecule has 1 aliphatic heterocycles. The van der Waals surface area contributed by atoms with E-state index < -0.39 is 0 Å². The topological polar surface area (TPSA) is 51.7 Å². The summed E-state index contributed by atoms with van der Waals surface area (Å²) in [7, 11) is 3.87. The van der Waals surface area contributed by atoms with Gasteiger partial charge in [-0.1, -0.05) is 12.1 Å². The molecular formula is C21H28FN5O. The number of nitrogens with zero attached hydrogens (tertiary/aromatic N) is 4. The number of likely N-dealkylation sites (N-methyl/N-ethyl adjacent to an activating group) is 1. The van der Waals surface area contributed by atoms with E-state index in [2.05, 4.69) is 27.1 Å². The van der Waals surface area contributed by atoms with Crippen LogP contribution < -0.4 is 10.2 Å². The molecule has 28 heavy (non-hydrogen) atoms. The monoisotopic (exact) mass is 385 g/mol. The summed E-state index contributed by atoms with van der Waals surface area (Å²) >= 11 is 0. The SMILES string of the molecule is CC(c1ccc(F)cc1)N(C)C(=O)NCc1ccnc(N2CCN(C)CC2)c1. The molecule has 150 valence electrons. The maximum absolute atomic E-state index is 13.1. The number of rotatable bonds is 5. The third-order valence-corrected chi connectivity index (χ3v) is 5.33. The quantitative estimate of drug-likeness (QED) is 0.860. The van der Waals surface area contributed by atoms with Gasteiger partial charge in [0, 0.05) is 46.0 Å². The number of carbonyl (C=O) groups excluding carboxylic acids is 1. The summed E-state index contributed by atoms with van der Waals surface area (Å²) in [6, 6.07) is 9.86. The van der Waals surface area contributed by atoms with Crippen LogP contribution in [0.4, 0.5) is 15.0 Å². The van der Waals surface area contributed by atoms with E-state index in [9.17, 15) is 9.18 Å². The van der Waals surface area contributed by atoms with Gasteiger partial charge in [-0.05, 0) is 49.4 Å². The van der Waals surface area contributed by atoms with Gasteiger partial charge in [-0.15, -0.1) is 0 Å². The standard InChI is InChI=1S/C21H28FN5O/c1-16(18-4-6-19(22)7-5-18)26(3)21(28)24-15-17-8-9-23-20(14-17)27-12-10-25(2)11-13-27/h4-9,14,16H,10-13,15H2,1-3H3,(H,24,28). The molecule has 2 aromatic rings. The molecule has 7 heteroatoms. The van der Waals surface area contributed by atoms with Gasteiger partial charge in [-0.2, -0.15) is 0 Å².